The van der Waals surface area contributed by atoms with Gasteiger partial charge in [-0.15, -0.1) is 0 Å². The minimum atomic E-state index is -0.901. The molecule has 2 aliphatic rings. The zero-order valence-electron chi connectivity index (χ0n) is 22.3. The number of anilines is 2. The Hall–Kier alpha value is -4.62. The fraction of sp³-hybridized carbons (Fsp3) is 0.212. The van der Waals surface area contributed by atoms with Crippen LogP contribution in [0.5, 0.6) is 0 Å². The summed E-state index contributed by atoms with van der Waals surface area (Å²) in [5, 5.41) is 13.3. The van der Waals surface area contributed by atoms with Gasteiger partial charge >= 0.3 is 5.97 Å². The van der Waals surface area contributed by atoms with Gasteiger partial charge in [-0.2, -0.15) is 0 Å². The number of nitrogens with one attached hydrogen (secondary N) is 2. The highest BCUT2D eigenvalue weighted by molar-refractivity contribution is 6.00. The lowest BCUT2D eigenvalue weighted by Gasteiger charge is -2.37. The number of nitrogens with zero attached hydrogens (tertiary/aromatic N) is 2. The molecule has 4 aromatic rings. The van der Waals surface area contributed by atoms with Gasteiger partial charge in [0.2, 0.25) is 5.91 Å². The number of hydrogen-bond donors (Lipinski definition) is 3. The van der Waals surface area contributed by atoms with Crippen LogP contribution in [0.25, 0.3) is 16.5 Å². The van der Waals surface area contributed by atoms with Crippen LogP contribution in [0.3, 0.4) is 0 Å². The number of H-pyrrole nitrogens is 1. The third-order valence-corrected chi connectivity index (χ3v) is 8.00. The number of aromatic carboxylic acids is 1. The number of carboxylic acid groups (broad SMARTS) is 1. The van der Waals surface area contributed by atoms with Crippen molar-refractivity contribution < 1.29 is 14.7 Å². The number of para-hydroxylation sites is 1. The Kier molecular flexibility index (Phi) is 6.97. The van der Waals surface area contributed by atoms with E-state index in [9.17, 15) is 14.7 Å². The van der Waals surface area contributed by atoms with Crippen molar-refractivity contribution in [1.29, 1.82) is 0 Å². The molecule has 202 valence electrons. The molecule has 40 heavy (non-hydrogen) atoms. The second-order valence-corrected chi connectivity index (χ2v) is 10.4. The summed E-state index contributed by atoms with van der Waals surface area (Å²) >= 11 is 0. The smallest absolute Gasteiger partial charge is 0.335 e. The molecule has 1 amide bonds. The van der Waals surface area contributed by atoms with Crippen LogP contribution in [0.2, 0.25) is 0 Å². The molecule has 1 aliphatic heterocycles. The number of carbonyl (C=O) groups is 2. The van der Waals surface area contributed by atoms with Crippen molar-refractivity contribution in [3.8, 4) is 0 Å². The van der Waals surface area contributed by atoms with Crippen molar-refractivity contribution in [3.05, 3.63) is 113 Å². The molecule has 0 radical (unpaired) electrons. The van der Waals surface area contributed by atoms with Crippen molar-refractivity contribution in [2.24, 2.45) is 0 Å². The van der Waals surface area contributed by atoms with Gasteiger partial charge in [0, 0.05) is 55.9 Å². The predicted molar refractivity (Wildman–Crippen MR) is 160 cm³/mol. The van der Waals surface area contributed by atoms with E-state index in [4.69, 9.17) is 0 Å². The molecule has 0 saturated carbocycles. The molecule has 2 heterocycles. The number of carboxylic acids is 1. The SMILES string of the molecule is C=CC(=O)Nc1ccc2c(c1)CCC(CN1CCN(c3ccc(C(=O)O)cc3)CC1)=C2c1cccc2cc[nH]c12. The predicted octanol–water partition coefficient (Wildman–Crippen LogP) is 5.56. The van der Waals surface area contributed by atoms with Gasteiger partial charge in [0.15, 0.2) is 0 Å². The lowest BCUT2D eigenvalue weighted by atomic mass is 9.81. The van der Waals surface area contributed by atoms with E-state index in [-0.39, 0.29) is 5.91 Å². The van der Waals surface area contributed by atoms with E-state index in [0.29, 0.717) is 5.56 Å². The van der Waals surface area contributed by atoms with Gasteiger partial charge in [-0.05, 0) is 89.0 Å². The van der Waals surface area contributed by atoms with Gasteiger partial charge in [0.05, 0.1) is 11.1 Å². The molecule has 0 unspecified atom stereocenters. The number of rotatable bonds is 7. The molecule has 0 bridgehead atoms. The number of piperazine rings is 1. The maximum absolute atomic E-state index is 11.9. The summed E-state index contributed by atoms with van der Waals surface area (Å²) in [7, 11) is 0. The largest absolute Gasteiger partial charge is 0.478 e. The van der Waals surface area contributed by atoms with Crippen LogP contribution >= 0.6 is 0 Å². The maximum Gasteiger partial charge on any atom is 0.335 e. The highest BCUT2D eigenvalue weighted by Crippen LogP contribution is 2.40. The Morgan fingerprint density at radius 1 is 0.950 bits per heavy atom. The molecule has 1 aromatic heterocycles. The molecule has 7 nitrogen and oxygen atoms in total. The van der Waals surface area contributed by atoms with E-state index in [0.717, 1.165) is 62.5 Å². The second-order valence-electron chi connectivity index (χ2n) is 10.4. The van der Waals surface area contributed by atoms with E-state index in [1.54, 1.807) is 12.1 Å². The van der Waals surface area contributed by atoms with Crippen molar-refractivity contribution >= 4 is 39.7 Å². The van der Waals surface area contributed by atoms with Gasteiger partial charge in [0.1, 0.15) is 0 Å². The summed E-state index contributed by atoms with van der Waals surface area (Å²) in [5.74, 6) is -1.11. The first-order valence-corrected chi connectivity index (χ1v) is 13.7. The lowest BCUT2D eigenvalue weighted by molar-refractivity contribution is -0.111. The fourth-order valence-electron chi connectivity index (χ4n) is 5.95. The van der Waals surface area contributed by atoms with Crippen molar-refractivity contribution in [2.75, 3.05) is 42.9 Å². The van der Waals surface area contributed by atoms with Crippen LogP contribution in [0.1, 0.15) is 33.5 Å². The number of amides is 1. The van der Waals surface area contributed by atoms with E-state index in [2.05, 4.69) is 63.1 Å². The van der Waals surface area contributed by atoms with Gasteiger partial charge in [-0.1, -0.05) is 30.8 Å². The summed E-state index contributed by atoms with van der Waals surface area (Å²) in [6.07, 6.45) is 5.16. The first-order chi connectivity index (χ1) is 19.5. The number of aromatic amines is 1. The van der Waals surface area contributed by atoms with Crippen LogP contribution in [-0.4, -0.2) is 59.6 Å². The fourth-order valence-corrected chi connectivity index (χ4v) is 5.95. The van der Waals surface area contributed by atoms with E-state index in [1.807, 2.05) is 24.4 Å². The summed E-state index contributed by atoms with van der Waals surface area (Å²) in [6.45, 7) is 8.11. The van der Waals surface area contributed by atoms with Crippen molar-refractivity contribution in [2.45, 2.75) is 12.8 Å². The Morgan fingerprint density at radius 2 is 1.75 bits per heavy atom. The lowest BCUT2D eigenvalue weighted by Crippen LogP contribution is -2.47. The van der Waals surface area contributed by atoms with Gasteiger partial charge in [-0.3, -0.25) is 9.69 Å². The third kappa shape index (κ3) is 5.03. The normalized spacial score (nSPS) is 15.7. The van der Waals surface area contributed by atoms with E-state index < -0.39 is 5.97 Å². The molecule has 1 fully saturated rings. The molecule has 0 atom stereocenters. The van der Waals surface area contributed by atoms with Crippen LogP contribution < -0.4 is 10.2 Å². The molecule has 1 aliphatic carbocycles. The molecule has 3 N–H and O–H groups in total. The summed E-state index contributed by atoms with van der Waals surface area (Å²) in [6, 6.07) is 21.9. The number of aryl methyl sites for hydroxylation is 1. The van der Waals surface area contributed by atoms with Gasteiger partial charge < -0.3 is 20.3 Å². The Morgan fingerprint density at radius 3 is 2.50 bits per heavy atom. The van der Waals surface area contributed by atoms with Crippen LogP contribution in [0.4, 0.5) is 11.4 Å². The third-order valence-electron chi connectivity index (χ3n) is 8.00. The van der Waals surface area contributed by atoms with Crippen LogP contribution in [0, 0.1) is 0 Å². The molecular weight excluding hydrogens is 500 g/mol. The van der Waals surface area contributed by atoms with E-state index >= 15 is 0 Å². The molecule has 6 rings (SSSR count). The zero-order chi connectivity index (χ0) is 27.6. The quantitative estimate of drug-likeness (QED) is 0.271. The zero-order valence-corrected chi connectivity index (χ0v) is 22.3. The van der Waals surface area contributed by atoms with Gasteiger partial charge in [-0.25, -0.2) is 4.79 Å². The van der Waals surface area contributed by atoms with Gasteiger partial charge in [0.25, 0.3) is 0 Å². The Bertz CT molecular complexity index is 1630. The number of hydrogen-bond acceptors (Lipinski definition) is 4. The highest BCUT2D eigenvalue weighted by atomic mass is 16.4. The Labute approximate surface area is 233 Å². The number of fused-ring (bicyclic) bond motifs is 2. The monoisotopic (exact) mass is 532 g/mol. The Balaban J connectivity index is 1.29. The standard InChI is InChI=1S/C33H32N4O3/c1-2-30(38)35-26-10-13-28-24(20-26)6-7-25(31(28)29-5-3-4-22-14-15-34-32(22)29)21-36-16-18-37(19-17-36)27-11-8-23(9-12-27)33(39)40/h2-5,8-15,20,34H,1,6-7,16-19,21H2,(H,35,38)(H,39,40). The first-order valence-electron chi connectivity index (χ1n) is 13.7. The number of carbonyl (C=O) groups excluding carboxylic acids is 1. The topological polar surface area (TPSA) is 88.7 Å². The number of aromatic nitrogens is 1. The molecule has 0 spiro atoms. The van der Waals surface area contributed by atoms with Crippen molar-refractivity contribution in [1.82, 2.24) is 9.88 Å². The first kappa shape index (κ1) is 25.6. The average molecular weight is 533 g/mol. The molecule has 1 saturated heterocycles. The molecule has 3 aromatic carbocycles. The minimum Gasteiger partial charge on any atom is -0.478 e. The van der Waals surface area contributed by atoms with Crippen LogP contribution in [-0.2, 0) is 11.2 Å². The number of benzene rings is 3. The highest BCUT2D eigenvalue weighted by Gasteiger charge is 2.25. The summed E-state index contributed by atoms with van der Waals surface area (Å²) in [4.78, 5) is 31.4. The summed E-state index contributed by atoms with van der Waals surface area (Å²) < 4.78 is 0. The van der Waals surface area contributed by atoms with Crippen molar-refractivity contribution in [3.63, 3.8) is 0 Å². The molecular formula is C33H32N4O3. The maximum atomic E-state index is 11.9. The minimum absolute atomic E-state index is 0.208. The van der Waals surface area contributed by atoms with Crippen LogP contribution in [0.15, 0.2) is 91.2 Å². The average Bonchev–Trinajstić information content (AvgIpc) is 3.47. The molecule has 7 heteroatoms. The summed E-state index contributed by atoms with van der Waals surface area (Å²) in [5.41, 5.74) is 9.67. The van der Waals surface area contributed by atoms with E-state index in [1.165, 1.54) is 39.3 Å². The second kappa shape index (κ2) is 10.9.